The fourth-order valence-corrected chi connectivity index (χ4v) is 2.57. The maximum absolute atomic E-state index is 11.2. The molecule has 16 heavy (non-hydrogen) atoms. The van der Waals surface area contributed by atoms with Crippen LogP contribution < -0.4 is 5.32 Å². The lowest BCUT2D eigenvalue weighted by Crippen LogP contribution is -2.60. The minimum Gasteiger partial charge on any atom is -0.446 e. The molecule has 0 aromatic rings. The van der Waals surface area contributed by atoms with Gasteiger partial charge in [-0.1, -0.05) is 0 Å². The molecule has 4 heteroatoms. The number of ether oxygens (including phenoxy) is 1. The van der Waals surface area contributed by atoms with Crippen molar-refractivity contribution in [2.75, 3.05) is 14.1 Å². The largest absolute Gasteiger partial charge is 0.446 e. The molecule has 1 saturated heterocycles. The molecule has 0 radical (unpaired) electrons. The standard InChI is InChI=1S/C12H24N2O2/c1-11(2)7-9(16-10(15)13-5)8-12(3,4)14(11)6/h9H,7-8H2,1-6H3,(H,13,15). The van der Waals surface area contributed by atoms with Crippen molar-refractivity contribution in [2.24, 2.45) is 0 Å². The van der Waals surface area contributed by atoms with Crippen LogP contribution in [-0.4, -0.2) is 42.3 Å². The molecule has 1 heterocycles. The Balaban J connectivity index is 2.75. The van der Waals surface area contributed by atoms with Crippen LogP contribution in [0.4, 0.5) is 4.79 Å². The molecule has 0 spiro atoms. The van der Waals surface area contributed by atoms with E-state index in [4.69, 9.17) is 4.74 Å². The number of hydrogen-bond donors (Lipinski definition) is 1. The molecule has 0 bridgehead atoms. The van der Waals surface area contributed by atoms with Gasteiger partial charge >= 0.3 is 6.09 Å². The molecule has 0 aromatic carbocycles. The Bertz CT molecular complexity index is 256. The zero-order chi connectivity index (χ0) is 12.6. The van der Waals surface area contributed by atoms with Crippen LogP contribution in [0.5, 0.6) is 0 Å². The summed E-state index contributed by atoms with van der Waals surface area (Å²) in [4.78, 5) is 13.6. The molecule has 0 aliphatic carbocycles. The summed E-state index contributed by atoms with van der Waals surface area (Å²) in [6.07, 6.45) is 1.42. The van der Waals surface area contributed by atoms with E-state index < -0.39 is 0 Å². The molecular formula is C12H24N2O2. The van der Waals surface area contributed by atoms with E-state index in [1.54, 1.807) is 7.05 Å². The zero-order valence-corrected chi connectivity index (χ0v) is 11.3. The highest BCUT2D eigenvalue weighted by molar-refractivity contribution is 5.66. The van der Waals surface area contributed by atoms with E-state index in [-0.39, 0.29) is 23.3 Å². The number of hydrogen-bond acceptors (Lipinski definition) is 3. The Morgan fingerprint density at radius 3 is 2.06 bits per heavy atom. The first-order valence-electron chi connectivity index (χ1n) is 5.81. The summed E-state index contributed by atoms with van der Waals surface area (Å²) in [7, 11) is 3.73. The van der Waals surface area contributed by atoms with Crippen LogP contribution in [-0.2, 0) is 4.74 Å². The number of carbonyl (C=O) groups is 1. The van der Waals surface area contributed by atoms with Gasteiger partial charge in [-0.2, -0.15) is 0 Å². The summed E-state index contributed by atoms with van der Waals surface area (Å²) in [5.41, 5.74) is 0.112. The minimum absolute atomic E-state index is 0.00106. The van der Waals surface area contributed by atoms with E-state index in [1.807, 2.05) is 0 Å². The monoisotopic (exact) mass is 228 g/mol. The van der Waals surface area contributed by atoms with Crippen LogP contribution in [0, 0.1) is 0 Å². The van der Waals surface area contributed by atoms with E-state index in [2.05, 4.69) is 45.0 Å². The quantitative estimate of drug-likeness (QED) is 0.746. The van der Waals surface area contributed by atoms with Gasteiger partial charge in [0.2, 0.25) is 0 Å². The summed E-state index contributed by atoms with van der Waals surface area (Å²) in [6.45, 7) is 8.75. The van der Waals surface area contributed by atoms with Crippen molar-refractivity contribution in [2.45, 2.75) is 57.7 Å². The second kappa shape index (κ2) is 4.24. The summed E-state index contributed by atoms with van der Waals surface area (Å²) in [5, 5.41) is 2.50. The molecule has 1 fully saturated rings. The summed E-state index contributed by atoms with van der Waals surface area (Å²) in [6, 6.07) is 0. The fraction of sp³-hybridized carbons (Fsp3) is 0.917. The van der Waals surface area contributed by atoms with E-state index in [0.29, 0.717) is 0 Å². The molecule has 4 nitrogen and oxygen atoms in total. The number of likely N-dealkylation sites (tertiary alicyclic amines) is 1. The van der Waals surface area contributed by atoms with Crippen LogP contribution in [0.1, 0.15) is 40.5 Å². The molecule has 0 unspecified atom stereocenters. The van der Waals surface area contributed by atoms with Gasteiger partial charge in [0, 0.05) is 31.0 Å². The molecule has 1 aliphatic heterocycles. The second-order valence-electron chi connectivity index (χ2n) is 5.87. The average molecular weight is 228 g/mol. The lowest BCUT2D eigenvalue weighted by atomic mass is 9.79. The number of nitrogens with one attached hydrogen (secondary N) is 1. The topological polar surface area (TPSA) is 41.6 Å². The van der Waals surface area contributed by atoms with Crippen molar-refractivity contribution in [3.8, 4) is 0 Å². The van der Waals surface area contributed by atoms with Gasteiger partial charge in [0.1, 0.15) is 6.10 Å². The highest BCUT2D eigenvalue weighted by atomic mass is 16.6. The van der Waals surface area contributed by atoms with Gasteiger partial charge in [0.05, 0.1) is 0 Å². The number of piperidine rings is 1. The third kappa shape index (κ3) is 2.67. The molecule has 1 rings (SSSR count). The Morgan fingerprint density at radius 1 is 1.25 bits per heavy atom. The molecular weight excluding hydrogens is 204 g/mol. The van der Waals surface area contributed by atoms with Crippen molar-refractivity contribution in [3.05, 3.63) is 0 Å². The second-order valence-corrected chi connectivity index (χ2v) is 5.87. The van der Waals surface area contributed by atoms with Gasteiger partial charge in [0.25, 0.3) is 0 Å². The van der Waals surface area contributed by atoms with Crippen molar-refractivity contribution in [1.82, 2.24) is 10.2 Å². The number of carbonyl (C=O) groups excluding carboxylic acids is 1. The number of alkyl carbamates (subject to hydrolysis) is 1. The molecule has 0 saturated carbocycles. The highest BCUT2D eigenvalue weighted by Crippen LogP contribution is 2.37. The third-order valence-electron chi connectivity index (χ3n) is 3.75. The number of nitrogens with zero attached hydrogens (tertiary/aromatic N) is 1. The summed E-state index contributed by atoms with van der Waals surface area (Å²) in [5.74, 6) is 0. The summed E-state index contributed by atoms with van der Waals surface area (Å²) < 4.78 is 5.38. The molecule has 1 aliphatic rings. The van der Waals surface area contributed by atoms with Crippen LogP contribution in [0.25, 0.3) is 0 Å². The van der Waals surface area contributed by atoms with Crippen molar-refractivity contribution in [1.29, 1.82) is 0 Å². The van der Waals surface area contributed by atoms with E-state index in [1.165, 1.54) is 0 Å². The first-order valence-corrected chi connectivity index (χ1v) is 5.81. The molecule has 1 amide bonds. The lowest BCUT2D eigenvalue weighted by Gasteiger charge is -2.53. The lowest BCUT2D eigenvalue weighted by molar-refractivity contribution is -0.0678. The van der Waals surface area contributed by atoms with Gasteiger partial charge < -0.3 is 10.1 Å². The Labute approximate surface area is 98.3 Å². The molecule has 0 aromatic heterocycles. The number of amides is 1. The molecule has 1 N–H and O–H groups in total. The fourth-order valence-electron chi connectivity index (χ4n) is 2.57. The normalized spacial score (nSPS) is 25.1. The van der Waals surface area contributed by atoms with Gasteiger partial charge in [-0.25, -0.2) is 4.79 Å². The van der Waals surface area contributed by atoms with Crippen molar-refractivity contribution < 1.29 is 9.53 Å². The van der Waals surface area contributed by atoms with E-state index >= 15 is 0 Å². The van der Waals surface area contributed by atoms with Gasteiger partial charge in [-0.15, -0.1) is 0 Å². The maximum atomic E-state index is 11.2. The van der Waals surface area contributed by atoms with Gasteiger partial charge in [-0.3, -0.25) is 4.90 Å². The highest BCUT2D eigenvalue weighted by Gasteiger charge is 2.44. The van der Waals surface area contributed by atoms with Gasteiger partial charge in [0.15, 0.2) is 0 Å². The Hall–Kier alpha value is -0.770. The van der Waals surface area contributed by atoms with Crippen molar-refractivity contribution in [3.63, 3.8) is 0 Å². The maximum Gasteiger partial charge on any atom is 0.407 e. The van der Waals surface area contributed by atoms with Crippen molar-refractivity contribution >= 4 is 6.09 Å². The average Bonchev–Trinajstić information content (AvgIpc) is 2.13. The van der Waals surface area contributed by atoms with Gasteiger partial charge in [-0.05, 0) is 34.7 Å². The third-order valence-corrected chi connectivity index (χ3v) is 3.75. The smallest absolute Gasteiger partial charge is 0.407 e. The Morgan fingerprint density at radius 2 is 1.69 bits per heavy atom. The van der Waals surface area contributed by atoms with Crippen LogP contribution in [0.2, 0.25) is 0 Å². The minimum atomic E-state index is -0.332. The first-order chi connectivity index (χ1) is 7.19. The Kier molecular flexibility index (Phi) is 3.53. The van der Waals surface area contributed by atoms with E-state index in [0.717, 1.165) is 12.8 Å². The molecule has 94 valence electrons. The van der Waals surface area contributed by atoms with E-state index in [9.17, 15) is 4.79 Å². The SMILES string of the molecule is CNC(=O)OC1CC(C)(C)N(C)C(C)(C)C1. The van der Waals surface area contributed by atoms with Crippen LogP contribution in [0.3, 0.4) is 0 Å². The predicted octanol–water partition coefficient (Wildman–Crippen LogP) is 1.99. The van der Waals surface area contributed by atoms with Crippen LogP contribution in [0.15, 0.2) is 0 Å². The zero-order valence-electron chi connectivity index (χ0n) is 11.3. The summed E-state index contributed by atoms with van der Waals surface area (Å²) >= 11 is 0. The molecule has 0 atom stereocenters. The predicted molar refractivity (Wildman–Crippen MR) is 64.5 cm³/mol. The first kappa shape index (κ1) is 13.3. The number of rotatable bonds is 1. The van der Waals surface area contributed by atoms with Crippen LogP contribution >= 0.6 is 0 Å².